The van der Waals surface area contributed by atoms with E-state index in [-0.39, 0.29) is 29.2 Å². The molecule has 1 aliphatic rings. The highest BCUT2D eigenvalue weighted by Gasteiger charge is 2.36. The summed E-state index contributed by atoms with van der Waals surface area (Å²) in [6, 6.07) is 4.82. The van der Waals surface area contributed by atoms with Gasteiger partial charge in [0.15, 0.2) is 15.6 Å². The molecule has 2 aromatic rings. The summed E-state index contributed by atoms with van der Waals surface area (Å²) in [5, 5.41) is 1.34. The lowest BCUT2D eigenvalue weighted by Gasteiger charge is -2.27. The predicted molar refractivity (Wildman–Crippen MR) is 95.9 cm³/mol. The van der Waals surface area contributed by atoms with Crippen molar-refractivity contribution in [1.82, 2.24) is 4.90 Å². The van der Waals surface area contributed by atoms with Crippen LogP contribution in [0.15, 0.2) is 22.6 Å². The van der Waals surface area contributed by atoms with Crippen molar-refractivity contribution < 1.29 is 22.4 Å². The number of aryl methyl sites for hydroxylation is 1. The van der Waals surface area contributed by atoms with Gasteiger partial charge >= 0.3 is 0 Å². The van der Waals surface area contributed by atoms with Crippen molar-refractivity contribution in [2.45, 2.75) is 19.4 Å². The number of benzene rings is 1. The topological polar surface area (TPSA) is 76.8 Å². The molecule has 2 heterocycles. The van der Waals surface area contributed by atoms with Crippen molar-refractivity contribution in [1.29, 1.82) is 0 Å². The molecule has 1 amide bonds. The van der Waals surface area contributed by atoms with E-state index in [2.05, 4.69) is 0 Å². The summed E-state index contributed by atoms with van der Waals surface area (Å²) < 4.78 is 34.5. The van der Waals surface area contributed by atoms with Crippen molar-refractivity contribution in [2.75, 3.05) is 31.8 Å². The second-order valence-electron chi connectivity index (χ2n) is 6.24. The summed E-state index contributed by atoms with van der Waals surface area (Å²) in [4.78, 5) is 14.6. The monoisotopic (exact) mass is 385 g/mol. The van der Waals surface area contributed by atoms with Crippen LogP contribution in [-0.4, -0.2) is 57.0 Å². The van der Waals surface area contributed by atoms with Gasteiger partial charge in [0, 0.05) is 35.7 Å². The van der Waals surface area contributed by atoms with E-state index in [1.54, 1.807) is 37.1 Å². The molecule has 1 unspecified atom stereocenters. The number of carbonyl (C=O) groups excluding carboxylic acids is 1. The summed E-state index contributed by atoms with van der Waals surface area (Å²) >= 11 is 6.03. The van der Waals surface area contributed by atoms with Gasteiger partial charge in [0.2, 0.25) is 0 Å². The van der Waals surface area contributed by atoms with Gasteiger partial charge in [-0.2, -0.15) is 0 Å². The number of halogens is 1. The number of sulfone groups is 1. The minimum absolute atomic E-state index is 0.0203. The number of ether oxygens (including phenoxy) is 1. The average Bonchev–Trinajstić information content (AvgIpc) is 3.08. The Labute approximate surface area is 151 Å². The third kappa shape index (κ3) is 3.68. The highest BCUT2D eigenvalue weighted by molar-refractivity contribution is 7.91. The SMILES string of the molecule is COCCN(C(=O)c1oc2ccc(Cl)cc2c1C)C1CCS(=O)(=O)C1. The number of hydrogen-bond donors (Lipinski definition) is 0. The van der Waals surface area contributed by atoms with Crippen LogP contribution in [0.5, 0.6) is 0 Å². The molecule has 6 nitrogen and oxygen atoms in total. The maximum Gasteiger partial charge on any atom is 0.290 e. The van der Waals surface area contributed by atoms with Crippen molar-refractivity contribution >= 4 is 38.3 Å². The molecule has 1 aromatic heterocycles. The zero-order chi connectivity index (χ0) is 18.2. The number of methoxy groups -OCH3 is 1. The molecule has 0 spiro atoms. The highest BCUT2D eigenvalue weighted by atomic mass is 35.5. The quantitative estimate of drug-likeness (QED) is 0.790. The molecule has 0 radical (unpaired) electrons. The lowest BCUT2D eigenvalue weighted by molar-refractivity contribution is 0.0594. The second kappa shape index (κ2) is 6.97. The van der Waals surface area contributed by atoms with Crippen molar-refractivity contribution in [2.24, 2.45) is 0 Å². The first-order valence-corrected chi connectivity index (χ1v) is 10.2. The van der Waals surface area contributed by atoms with Gasteiger partial charge < -0.3 is 14.1 Å². The molecule has 1 aromatic carbocycles. The van der Waals surface area contributed by atoms with E-state index in [0.29, 0.717) is 35.7 Å². The van der Waals surface area contributed by atoms with Gasteiger partial charge in [0.05, 0.1) is 18.1 Å². The maximum absolute atomic E-state index is 13.1. The molecule has 1 fully saturated rings. The number of fused-ring (bicyclic) bond motifs is 1. The average molecular weight is 386 g/mol. The smallest absolute Gasteiger partial charge is 0.290 e. The Hall–Kier alpha value is -1.57. The molecule has 0 aliphatic carbocycles. The van der Waals surface area contributed by atoms with Gasteiger partial charge in [-0.15, -0.1) is 0 Å². The van der Waals surface area contributed by atoms with Crippen molar-refractivity contribution in [3.8, 4) is 0 Å². The fourth-order valence-electron chi connectivity index (χ4n) is 3.19. The normalized spacial score (nSPS) is 19.4. The Balaban J connectivity index is 1.96. The Kier molecular flexibility index (Phi) is 5.09. The van der Waals surface area contributed by atoms with Crippen LogP contribution in [0.3, 0.4) is 0 Å². The standard InChI is InChI=1S/C17H20ClNO5S/c1-11-14-9-12(18)3-4-15(14)24-16(11)17(20)19(6-7-23-2)13-5-8-25(21,22)10-13/h3-4,9,13H,5-8,10H2,1-2H3. The molecule has 136 valence electrons. The fraction of sp³-hybridized carbons (Fsp3) is 0.471. The van der Waals surface area contributed by atoms with E-state index in [1.165, 1.54) is 0 Å². The Bertz CT molecular complexity index is 905. The first-order chi connectivity index (χ1) is 11.8. The van der Waals surface area contributed by atoms with Gasteiger partial charge in [0.25, 0.3) is 5.91 Å². The van der Waals surface area contributed by atoms with Crippen molar-refractivity contribution in [3.63, 3.8) is 0 Å². The summed E-state index contributed by atoms with van der Waals surface area (Å²) in [6.07, 6.45) is 0.433. The molecule has 0 saturated carbocycles. The molecule has 0 N–H and O–H groups in total. The van der Waals surface area contributed by atoms with E-state index in [0.717, 1.165) is 5.39 Å². The van der Waals surface area contributed by atoms with E-state index in [1.807, 2.05) is 0 Å². The van der Waals surface area contributed by atoms with Crippen LogP contribution in [0.4, 0.5) is 0 Å². The minimum atomic E-state index is -3.10. The summed E-state index contributed by atoms with van der Waals surface area (Å²) in [7, 11) is -1.56. The van der Waals surface area contributed by atoms with Gasteiger partial charge in [-0.25, -0.2) is 8.42 Å². The Morgan fingerprint density at radius 2 is 2.20 bits per heavy atom. The number of amides is 1. The summed E-state index contributed by atoms with van der Waals surface area (Å²) in [5.74, 6) is -0.0156. The fourth-order valence-corrected chi connectivity index (χ4v) is 5.09. The van der Waals surface area contributed by atoms with Gasteiger partial charge in [-0.1, -0.05) is 11.6 Å². The molecule has 1 aliphatic heterocycles. The summed E-state index contributed by atoms with van der Waals surface area (Å²) in [6.45, 7) is 2.44. The van der Waals surface area contributed by atoms with Crippen LogP contribution >= 0.6 is 11.6 Å². The molecule has 3 rings (SSSR count). The Morgan fingerprint density at radius 1 is 1.44 bits per heavy atom. The van der Waals surface area contributed by atoms with Crippen LogP contribution < -0.4 is 0 Å². The summed E-state index contributed by atoms with van der Waals surface area (Å²) in [5.41, 5.74) is 1.28. The largest absolute Gasteiger partial charge is 0.451 e. The molecular weight excluding hydrogens is 366 g/mol. The van der Waals surface area contributed by atoms with Crippen LogP contribution in [-0.2, 0) is 14.6 Å². The number of rotatable bonds is 5. The third-order valence-corrected chi connectivity index (χ3v) is 6.52. The van der Waals surface area contributed by atoms with Gasteiger partial charge in [0.1, 0.15) is 5.58 Å². The number of hydrogen-bond acceptors (Lipinski definition) is 5. The van der Waals surface area contributed by atoms with E-state index in [9.17, 15) is 13.2 Å². The molecular formula is C17H20ClNO5S. The van der Waals surface area contributed by atoms with Crippen molar-refractivity contribution in [3.05, 3.63) is 34.5 Å². The minimum Gasteiger partial charge on any atom is -0.451 e. The highest BCUT2D eigenvalue weighted by Crippen LogP contribution is 2.30. The van der Waals surface area contributed by atoms with Gasteiger partial charge in [-0.05, 0) is 31.5 Å². The van der Waals surface area contributed by atoms with Crippen LogP contribution in [0.25, 0.3) is 11.0 Å². The zero-order valence-corrected chi connectivity index (χ0v) is 15.7. The molecule has 25 heavy (non-hydrogen) atoms. The number of carbonyl (C=O) groups is 1. The zero-order valence-electron chi connectivity index (χ0n) is 14.1. The van der Waals surface area contributed by atoms with Crippen LogP contribution in [0.1, 0.15) is 22.5 Å². The first kappa shape index (κ1) is 18.2. The number of nitrogens with zero attached hydrogens (tertiary/aromatic N) is 1. The maximum atomic E-state index is 13.1. The third-order valence-electron chi connectivity index (χ3n) is 4.54. The van der Waals surface area contributed by atoms with E-state index in [4.69, 9.17) is 20.8 Å². The van der Waals surface area contributed by atoms with Crippen LogP contribution in [0.2, 0.25) is 5.02 Å². The lowest BCUT2D eigenvalue weighted by atomic mass is 10.1. The van der Waals surface area contributed by atoms with E-state index >= 15 is 0 Å². The van der Waals surface area contributed by atoms with E-state index < -0.39 is 9.84 Å². The first-order valence-electron chi connectivity index (χ1n) is 8.01. The Morgan fingerprint density at radius 3 is 2.84 bits per heavy atom. The second-order valence-corrected chi connectivity index (χ2v) is 8.91. The van der Waals surface area contributed by atoms with Gasteiger partial charge in [-0.3, -0.25) is 4.79 Å². The van der Waals surface area contributed by atoms with Crippen LogP contribution in [0, 0.1) is 6.92 Å². The molecule has 0 bridgehead atoms. The molecule has 8 heteroatoms. The lowest BCUT2D eigenvalue weighted by Crippen LogP contribution is -2.43. The molecule has 1 atom stereocenters. The predicted octanol–water partition coefficient (Wildman–Crippen LogP) is 2.67. The number of furan rings is 1. The molecule has 1 saturated heterocycles.